The summed E-state index contributed by atoms with van der Waals surface area (Å²) in [6.45, 7) is 4.30. The SMILES string of the molecule is CCOC(=O)N1CCN(C(=O)/C=C/c2ccsc2)CC1. The Labute approximate surface area is 122 Å². The largest absolute Gasteiger partial charge is 0.450 e. The van der Waals surface area contributed by atoms with E-state index >= 15 is 0 Å². The molecule has 0 N–H and O–H groups in total. The van der Waals surface area contributed by atoms with E-state index in [1.165, 1.54) is 0 Å². The van der Waals surface area contributed by atoms with Gasteiger partial charge in [-0.2, -0.15) is 11.3 Å². The van der Waals surface area contributed by atoms with Crippen LogP contribution in [0.15, 0.2) is 22.9 Å². The van der Waals surface area contributed by atoms with Crippen molar-refractivity contribution in [2.24, 2.45) is 0 Å². The number of amides is 2. The Morgan fingerprint density at radius 1 is 1.30 bits per heavy atom. The van der Waals surface area contributed by atoms with Crippen molar-refractivity contribution in [1.29, 1.82) is 0 Å². The third-order valence-electron chi connectivity index (χ3n) is 3.08. The first-order valence-corrected chi connectivity index (χ1v) is 7.56. The summed E-state index contributed by atoms with van der Waals surface area (Å²) in [6, 6.07) is 1.97. The molecule has 2 amide bonds. The summed E-state index contributed by atoms with van der Waals surface area (Å²) in [7, 11) is 0. The highest BCUT2D eigenvalue weighted by atomic mass is 32.1. The molecule has 1 aliphatic rings. The Bertz CT molecular complexity index is 477. The van der Waals surface area contributed by atoms with Crippen LogP contribution in [0.1, 0.15) is 12.5 Å². The molecule has 0 aromatic carbocycles. The maximum absolute atomic E-state index is 12.0. The summed E-state index contributed by atoms with van der Waals surface area (Å²) < 4.78 is 4.94. The van der Waals surface area contributed by atoms with Crippen molar-refractivity contribution < 1.29 is 14.3 Å². The van der Waals surface area contributed by atoms with E-state index in [9.17, 15) is 9.59 Å². The summed E-state index contributed by atoms with van der Waals surface area (Å²) in [5, 5.41) is 3.96. The number of carbonyl (C=O) groups is 2. The van der Waals surface area contributed by atoms with Crippen molar-refractivity contribution in [1.82, 2.24) is 9.80 Å². The van der Waals surface area contributed by atoms with Gasteiger partial charge in [-0.1, -0.05) is 0 Å². The smallest absolute Gasteiger partial charge is 0.409 e. The van der Waals surface area contributed by atoms with Crippen molar-refractivity contribution in [2.75, 3.05) is 32.8 Å². The average molecular weight is 294 g/mol. The number of nitrogens with zero attached hydrogens (tertiary/aromatic N) is 2. The highest BCUT2D eigenvalue weighted by molar-refractivity contribution is 7.08. The van der Waals surface area contributed by atoms with Crippen molar-refractivity contribution >= 4 is 29.4 Å². The molecule has 0 atom stereocenters. The van der Waals surface area contributed by atoms with Gasteiger partial charge in [0.15, 0.2) is 0 Å². The summed E-state index contributed by atoms with van der Waals surface area (Å²) in [5.74, 6) is -0.0142. The molecule has 1 aromatic rings. The predicted octanol–water partition coefficient (Wildman–Crippen LogP) is 2.06. The third-order valence-corrected chi connectivity index (χ3v) is 3.78. The van der Waals surface area contributed by atoms with Gasteiger partial charge in [0.2, 0.25) is 5.91 Å². The van der Waals surface area contributed by atoms with Crippen LogP contribution in [0.3, 0.4) is 0 Å². The Morgan fingerprint density at radius 3 is 2.60 bits per heavy atom. The second-order valence-corrected chi connectivity index (χ2v) is 5.18. The van der Waals surface area contributed by atoms with Gasteiger partial charge >= 0.3 is 6.09 Å². The fourth-order valence-corrected chi connectivity index (χ4v) is 2.60. The molecule has 1 saturated heterocycles. The van der Waals surface area contributed by atoms with Gasteiger partial charge in [0.05, 0.1) is 6.61 Å². The van der Waals surface area contributed by atoms with Crippen LogP contribution >= 0.6 is 11.3 Å². The van der Waals surface area contributed by atoms with E-state index in [2.05, 4.69) is 0 Å². The second kappa shape index (κ2) is 7.09. The number of carbonyl (C=O) groups excluding carboxylic acids is 2. The van der Waals surface area contributed by atoms with Gasteiger partial charge in [-0.05, 0) is 35.4 Å². The van der Waals surface area contributed by atoms with Gasteiger partial charge in [0.25, 0.3) is 0 Å². The third kappa shape index (κ3) is 3.84. The molecule has 0 bridgehead atoms. The van der Waals surface area contributed by atoms with E-state index in [4.69, 9.17) is 4.74 Å². The maximum atomic E-state index is 12.0. The predicted molar refractivity (Wildman–Crippen MR) is 78.5 cm³/mol. The van der Waals surface area contributed by atoms with Gasteiger partial charge in [-0.25, -0.2) is 4.79 Å². The molecular formula is C14H18N2O3S. The van der Waals surface area contributed by atoms with E-state index < -0.39 is 0 Å². The zero-order chi connectivity index (χ0) is 14.4. The molecule has 0 unspecified atom stereocenters. The van der Waals surface area contributed by atoms with Crippen molar-refractivity contribution in [3.63, 3.8) is 0 Å². The van der Waals surface area contributed by atoms with E-state index in [1.807, 2.05) is 22.9 Å². The van der Waals surface area contributed by atoms with Gasteiger partial charge in [-0.15, -0.1) is 0 Å². The summed E-state index contributed by atoms with van der Waals surface area (Å²) >= 11 is 1.60. The molecule has 1 fully saturated rings. The van der Waals surface area contributed by atoms with Crippen LogP contribution in [0.2, 0.25) is 0 Å². The number of piperazine rings is 1. The van der Waals surface area contributed by atoms with E-state index in [0.717, 1.165) is 5.56 Å². The number of thiophene rings is 1. The molecule has 108 valence electrons. The van der Waals surface area contributed by atoms with Crippen molar-refractivity contribution in [3.05, 3.63) is 28.5 Å². The van der Waals surface area contributed by atoms with E-state index in [0.29, 0.717) is 32.8 Å². The Balaban J connectivity index is 1.81. The number of hydrogen-bond acceptors (Lipinski definition) is 4. The molecular weight excluding hydrogens is 276 g/mol. The molecule has 1 aromatic heterocycles. The van der Waals surface area contributed by atoms with Crippen LogP contribution in [0.25, 0.3) is 6.08 Å². The normalized spacial score (nSPS) is 15.7. The second-order valence-electron chi connectivity index (χ2n) is 4.40. The Kier molecular flexibility index (Phi) is 5.17. The molecule has 0 spiro atoms. The zero-order valence-electron chi connectivity index (χ0n) is 11.4. The van der Waals surface area contributed by atoms with Gasteiger partial charge in [-0.3, -0.25) is 4.79 Å². The highest BCUT2D eigenvalue weighted by Crippen LogP contribution is 2.09. The lowest BCUT2D eigenvalue weighted by atomic mass is 10.2. The average Bonchev–Trinajstić information content (AvgIpc) is 2.98. The van der Waals surface area contributed by atoms with Crippen LogP contribution in [0.5, 0.6) is 0 Å². The maximum Gasteiger partial charge on any atom is 0.409 e. The van der Waals surface area contributed by atoms with E-state index in [-0.39, 0.29) is 12.0 Å². The number of rotatable bonds is 3. The molecule has 2 rings (SSSR count). The van der Waals surface area contributed by atoms with Crippen LogP contribution in [0, 0.1) is 0 Å². The molecule has 0 saturated carbocycles. The lowest BCUT2D eigenvalue weighted by molar-refractivity contribution is -0.127. The van der Waals surface area contributed by atoms with Crippen LogP contribution in [-0.2, 0) is 9.53 Å². The molecule has 5 nitrogen and oxygen atoms in total. The molecule has 20 heavy (non-hydrogen) atoms. The minimum Gasteiger partial charge on any atom is -0.450 e. The van der Waals surface area contributed by atoms with Crippen molar-refractivity contribution in [3.8, 4) is 0 Å². The standard InChI is InChI=1S/C14H18N2O3S/c1-2-19-14(18)16-8-6-15(7-9-16)13(17)4-3-12-5-10-20-11-12/h3-5,10-11H,2,6-9H2,1H3/b4-3+. The Morgan fingerprint density at radius 2 is 2.00 bits per heavy atom. The van der Waals surface area contributed by atoms with Crippen LogP contribution in [-0.4, -0.2) is 54.6 Å². The quantitative estimate of drug-likeness (QED) is 0.802. The van der Waals surface area contributed by atoms with Crippen LogP contribution < -0.4 is 0 Å². The lowest BCUT2D eigenvalue weighted by Crippen LogP contribution is -2.50. The molecule has 0 radical (unpaired) electrons. The van der Waals surface area contributed by atoms with E-state index in [1.54, 1.807) is 34.1 Å². The highest BCUT2D eigenvalue weighted by Gasteiger charge is 2.23. The summed E-state index contributed by atoms with van der Waals surface area (Å²) in [5.41, 5.74) is 1.04. The minimum atomic E-state index is -0.298. The molecule has 2 heterocycles. The number of ether oxygens (including phenoxy) is 1. The minimum absolute atomic E-state index is 0.0142. The fourth-order valence-electron chi connectivity index (χ4n) is 1.97. The summed E-state index contributed by atoms with van der Waals surface area (Å²) in [6.07, 6.45) is 3.10. The first-order chi connectivity index (χ1) is 9.70. The first kappa shape index (κ1) is 14.6. The zero-order valence-corrected chi connectivity index (χ0v) is 12.3. The topological polar surface area (TPSA) is 49.9 Å². The molecule has 6 heteroatoms. The van der Waals surface area contributed by atoms with Crippen molar-refractivity contribution in [2.45, 2.75) is 6.92 Å². The Hall–Kier alpha value is -1.82. The number of hydrogen-bond donors (Lipinski definition) is 0. The first-order valence-electron chi connectivity index (χ1n) is 6.61. The lowest BCUT2D eigenvalue weighted by Gasteiger charge is -2.33. The van der Waals surface area contributed by atoms with Gasteiger partial charge in [0.1, 0.15) is 0 Å². The fraction of sp³-hybridized carbons (Fsp3) is 0.429. The van der Waals surface area contributed by atoms with Gasteiger partial charge in [0, 0.05) is 32.3 Å². The molecule has 1 aliphatic heterocycles. The monoisotopic (exact) mass is 294 g/mol. The van der Waals surface area contributed by atoms with Crippen LogP contribution in [0.4, 0.5) is 4.79 Å². The van der Waals surface area contributed by atoms with Gasteiger partial charge < -0.3 is 14.5 Å². The summed E-state index contributed by atoms with van der Waals surface area (Å²) in [4.78, 5) is 26.9. The molecule has 0 aliphatic carbocycles.